The molecular formula is C10H11IN4OS. The van der Waals surface area contributed by atoms with Crippen LogP contribution in [0.15, 0.2) is 23.5 Å². The quantitative estimate of drug-likeness (QED) is 0.843. The van der Waals surface area contributed by atoms with E-state index in [1.165, 1.54) is 0 Å². The smallest absolute Gasteiger partial charge is 0.267 e. The molecule has 2 heterocycles. The van der Waals surface area contributed by atoms with Crippen LogP contribution in [0.25, 0.3) is 0 Å². The van der Waals surface area contributed by atoms with Crippen molar-refractivity contribution >= 4 is 39.1 Å². The maximum Gasteiger partial charge on any atom is 0.267 e. The van der Waals surface area contributed by atoms with Gasteiger partial charge in [0.25, 0.3) is 5.56 Å². The van der Waals surface area contributed by atoms with Crippen LogP contribution in [0.4, 0.5) is 5.13 Å². The highest BCUT2D eigenvalue weighted by Crippen LogP contribution is 2.18. The van der Waals surface area contributed by atoms with Crippen LogP contribution in [0.1, 0.15) is 11.8 Å². The van der Waals surface area contributed by atoms with Crippen molar-refractivity contribution in [2.24, 2.45) is 0 Å². The Morgan fingerprint density at radius 2 is 2.35 bits per heavy atom. The maximum absolute atomic E-state index is 11.8. The first-order chi connectivity index (χ1) is 8.20. The predicted molar refractivity (Wildman–Crippen MR) is 76.6 cm³/mol. The summed E-state index contributed by atoms with van der Waals surface area (Å²) in [6.45, 7) is 3.39. The predicted octanol–water partition coefficient (Wildman–Crippen LogP) is 1.78. The molecule has 7 heteroatoms. The topological polar surface area (TPSA) is 59.8 Å². The van der Waals surface area contributed by atoms with Crippen molar-refractivity contribution in [2.45, 2.75) is 13.5 Å². The van der Waals surface area contributed by atoms with E-state index < -0.39 is 0 Å². The molecule has 2 rings (SSSR count). The molecule has 0 atom stereocenters. The Kier molecular flexibility index (Phi) is 4.11. The van der Waals surface area contributed by atoms with Gasteiger partial charge in [0.15, 0.2) is 5.13 Å². The number of aromatic nitrogens is 3. The molecule has 0 aliphatic heterocycles. The van der Waals surface area contributed by atoms with Gasteiger partial charge in [-0.05, 0) is 29.5 Å². The lowest BCUT2D eigenvalue weighted by molar-refractivity contribution is 0.738. The van der Waals surface area contributed by atoms with Crippen LogP contribution in [0.3, 0.4) is 0 Å². The van der Waals surface area contributed by atoms with Gasteiger partial charge in [0.05, 0.1) is 16.4 Å². The van der Waals surface area contributed by atoms with Crippen molar-refractivity contribution in [1.29, 1.82) is 0 Å². The van der Waals surface area contributed by atoms with Crippen LogP contribution in [0.5, 0.6) is 0 Å². The first kappa shape index (κ1) is 12.5. The van der Waals surface area contributed by atoms with Crippen LogP contribution in [-0.4, -0.2) is 21.1 Å². The lowest BCUT2D eigenvalue weighted by Gasteiger charge is -2.02. The first-order valence-electron chi connectivity index (χ1n) is 5.09. The maximum atomic E-state index is 11.8. The van der Waals surface area contributed by atoms with Gasteiger partial charge in [-0.15, -0.1) is 11.3 Å². The van der Waals surface area contributed by atoms with E-state index >= 15 is 0 Å². The Hall–Kier alpha value is -0.960. The second-order valence-corrected chi connectivity index (χ2v) is 5.61. The highest BCUT2D eigenvalue weighted by atomic mass is 127. The van der Waals surface area contributed by atoms with E-state index in [9.17, 15) is 4.79 Å². The Balaban J connectivity index is 2.19. The summed E-state index contributed by atoms with van der Waals surface area (Å²) in [5.41, 5.74) is -0.0148. The third-order valence-corrected chi connectivity index (χ3v) is 3.75. The Morgan fingerprint density at radius 3 is 3.12 bits per heavy atom. The largest absolute Gasteiger partial charge is 0.362 e. The summed E-state index contributed by atoms with van der Waals surface area (Å²) in [6.07, 6.45) is 4.90. The molecule has 0 spiro atoms. The minimum absolute atomic E-state index is 0.0148. The Bertz CT molecular complexity index is 565. The molecule has 2 aromatic heterocycles. The lowest BCUT2D eigenvalue weighted by Crippen LogP contribution is -2.22. The van der Waals surface area contributed by atoms with Crippen molar-refractivity contribution in [3.63, 3.8) is 0 Å². The standard InChI is InChI=1S/C10H11IN4OS/c1-2-13-10-14-3-7(17-10)5-15-6-12-4-8(11)9(15)16/h3-4,6H,2,5H2,1H3,(H,13,14). The zero-order valence-electron chi connectivity index (χ0n) is 9.18. The van der Waals surface area contributed by atoms with Crippen molar-refractivity contribution in [3.05, 3.63) is 37.5 Å². The molecule has 0 fully saturated rings. The number of hydrogen-bond donors (Lipinski definition) is 1. The van der Waals surface area contributed by atoms with Crippen molar-refractivity contribution < 1.29 is 0 Å². The molecule has 0 aliphatic rings. The molecular weight excluding hydrogens is 351 g/mol. The normalized spacial score (nSPS) is 10.5. The van der Waals surface area contributed by atoms with E-state index in [1.807, 2.05) is 29.5 Å². The third-order valence-electron chi connectivity index (χ3n) is 2.07. The van der Waals surface area contributed by atoms with E-state index in [-0.39, 0.29) is 5.56 Å². The minimum atomic E-state index is -0.0148. The number of nitrogens with one attached hydrogen (secondary N) is 1. The molecule has 2 aromatic rings. The van der Waals surface area contributed by atoms with Crippen LogP contribution in [0, 0.1) is 3.57 Å². The molecule has 0 bridgehead atoms. The highest BCUT2D eigenvalue weighted by molar-refractivity contribution is 14.1. The molecule has 0 saturated heterocycles. The molecule has 90 valence electrons. The summed E-state index contributed by atoms with van der Waals surface area (Å²) in [5, 5.41) is 4.03. The van der Waals surface area contributed by atoms with Gasteiger partial charge in [-0.1, -0.05) is 0 Å². The molecule has 0 amide bonds. The van der Waals surface area contributed by atoms with Crippen molar-refractivity contribution in [2.75, 3.05) is 11.9 Å². The number of nitrogens with zero attached hydrogens (tertiary/aromatic N) is 3. The first-order valence-corrected chi connectivity index (χ1v) is 6.98. The van der Waals surface area contributed by atoms with E-state index in [0.29, 0.717) is 10.1 Å². The fourth-order valence-corrected chi connectivity index (χ4v) is 2.67. The summed E-state index contributed by atoms with van der Waals surface area (Å²) in [7, 11) is 0. The molecule has 0 aromatic carbocycles. The van der Waals surface area contributed by atoms with Crippen LogP contribution >= 0.6 is 33.9 Å². The highest BCUT2D eigenvalue weighted by Gasteiger charge is 2.05. The summed E-state index contributed by atoms with van der Waals surface area (Å²) in [4.78, 5) is 21.1. The van der Waals surface area contributed by atoms with Gasteiger partial charge in [-0.25, -0.2) is 9.97 Å². The second-order valence-electron chi connectivity index (χ2n) is 3.34. The third kappa shape index (κ3) is 3.03. The van der Waals surface area contributed by atoms with E-state index in [2.05, 4.69) is 15.3 Å². The number of hydrogen-bond acceptors (Lipinski definition) is 5. The van der Waals surface area contributed by atoms with E-state index in [4.69, 9.17) is 0 Å². The molecule has 0 saturated carbocycles. The SMILES string of the molecule is CCNc1ncc(Cn2cncc(I)c2=O)s1. The summed E-state index contributed by atoms with van der Waals surface area (Å²) >= 11 is 3.55. The van der Waals surface area contributed by atoms with Gasteiger partial charge in [-0.2, -0.15) is 0 Å². The Morgan fingerprint density at radius 1 is 1.53 bits per heavy atom. The molecule has 0 unspecified atom stereocenters. The monoisotopic (exact) mass is 362 g/mol. The number of halogens is 1. The number of thiazole rings is 1. The molecule has 1 N–H and O–H groups in total. The average molecular weight is 362 g/mol. The molecule has 5 nitrogen and oxygen atoms in total. The van der Waals surface area contributed by atoms with Crippen LogP contribution < -0.4 is 10.9 Å². The summed E-state index contributed by atoms with van der Waals surface area (Å²) in [5.74, 6) is 0. The fourth-order valence-electron chi connectivity index (χ4n) is 1.32. The Labute approximate surface area is 116 Å². The van der Waals surface area contributed by atoms with Gasteiger partial charge < -0.3 is 5.32 Å². The fraction of sp³-hybridized carbons (Fsp3) is 0.300. The van der Waals surface area contributed by atoms with Crippen molar-refractivity contribution in [3.8, 4) is 0 Å². The van der Waals surface area contributed by atoms with Gasteiger partial charge in [0, 0.05) is 23.8 Å². The van der Waals surface area contributed by atoms with Crippen LogP contribution in [-0.2, 0) is 6.54 Å². The summed E-state index contributed by atoms with van der Waals surface area (Å²) < 4.78 is 2.21. The molecule has 17 heavy (non-hydrogen) atoms. The van der Waals surface area contributed by atoms with Gasteiger partial charge in [-0.3, -0.25) is 9.36 Å². The summed E-state index contributed by atoms with van der Waals surface area (Å²) in [6, 6.07) is 0. The zero-order chi connectivity index (χ0) is 12.3. The van der Waals surface area contributed by atoms with Gasteiger partial charge >= 0.3 is 0 Å². The number of rotatable bonds is 4. The molecule has 0 aliphatic carbocycles. The average Bonchev–Trinajstić information content (AvgIpc) is 2.73. The van der Waals surface area contributed by atoms with Crippen LogP contribution in [0.2, 0.25) is 0 Å². The number of anilines is 1. The van der Waals surface area contributed by atoms with Gasteiger partial charge in [0.1, 0.15) is 0 Å². The van der Waals surface area contributed by atoms with E-state index in [1.54, 1.807) is 34.6 Å². The van der Waals surface area contributed by atoms with Gasteiger partial charge in [0.2, 0.25) is 0 Å². The van der Waals surface area contributed by atoms with Crippen molar-refractivity contribution in [1.82, 2.24) is 14.5 Å². The zero-order valence-corrected chi connectivity index (χ0v) is 12.2. The molecule has 0 radical (unpaired) electrons. The minimum Gasteiger partial charge on any atom is -0.362 e. The second kappa shape index (κ2) is 5.58. The lowest BCUT2D eigenvalue weighted by atomic mass is 10.5. The van der Waals surface area contributed by atoms with E-state index in [0.717, 1.165) is 16.6 Å².